The van der Waals surface area contributed by atoms with E-state index in [-0.39, 0.29) is 6.29 Å². The summed E-state index contributed by atoms with van der Waals surface area (Å²) in [6.45, 7) is 5.06. The van der Waals surface area contributed by atoms with Crippen LogP contribution in [0.25, 0.3) is 0 Å². The summed E-state index contributed by atoms with van der Waals surface area (Å²) >= 11 is 3.65. The Hall–Kier alpha value is 0.320. The van der Waals surface area contributed by atoms with Crippen LogP contribution in [-0.2, 0) is 19.2 Å². The highest BCUT2D eigenvalue weighted by Gasteiger charge is 2.68. The molecule has 7 atom stereocenters. The monoisotopic (exact) mass is 346 g/mol. The molecule has 4 aliphatic heterocycles. The van der Waals surface area contributed by atoms with Crippen LogP contribution in [0.1, 0.15) is 39.5 Å². The molecule has 2 bridgehead atoms. The average molecular weight is 347 g/mol. The molecule has 0 aromatic rings. The van der Waals surface area contributed by atoms with Gasteiger partial charge in [-0.2, -0.15) is 0 Å². The van der Waals surface area contributed by atoms with Gasteiger partial charge in [0.15, 0.2) is 11.9 Å². The third kappa shape index (κ3) is 1.73. The van der Waals surface area contributed by atoms with Crippen molar-refractivity contribution in [3.8, 4) is 0 Å². The molecule has 5 aliphatic rings. The van der Waals surface area contributed by atoms with Crippen molar-refractivity contribution >= 4 is 15.9 Å². The fourth-order valence-electron chi connectivity index (χ4n) is 4.88. The zero-order valence-electron chi connectivity index (χ0n) is 12.1. The zero-order chi connectivity index (χ0) is 14.0. The largest absolute Gasteiger partial charge is 0.349 e. The van der Waals surface area contributed by atoms with Crippen LogP contribution in [0.4, 0.5) is 0 Å². The van der Waals surface area contributed by atoms with Gasteiger partial charge in [-0.25, -0.2) is 9.78 Å². The van der Waals surface area contributed by atoms with Crippen LogP contribution in [0.2, 0.25) is 0 Å². The van der Waals surface area contributed by atoms with Gasteiger partial charge in [0.25, 0.3) is 0 Å². The van der Waals surface area contributed by atoms with Gasteiger partial charge in [-0.05, 0) is 43.9 Å². The minimum absolute atomic E-state index is 0.267. The molecule has 0 aromatic carbocycles. The van der Waals surface area contributed by atoms with Crippen molar-refractivity contribution < 1.29 is 19.2 Å². The molecule has 20 heavy (non-hydrogen) atoms. The molecule has 0 unspecified atom stereocenters. The van der Waals surface area contributed by atoms with E-state index in [4.69, 9.17) is 19.2 Å². The first-order chi connectivity index (χ1) is 9.59. The molecule has 5 fully saturated rings. The topological polar surface area (TPSA) is 36.9 Å². The Kier molecular flexibility index (Phi) is 3.25. The van der Waals surface area contributed by atoms with Crippen molar-refractivity contribution in [2.45, 2.75) is 57.2 Å². The van der Waals surface area contributed by atoms with Gasteiger partial charge < -0.3 is 9.47 Å². The van der Waals surface area contributed by atoms with Crippen LogP contribution in [0, 0.1) is 23.7 Å². The number of hydrogen-bond donors (Lipinski definition) is 0. The number of rotatable bonds is 1. The maximum atomic E-state index is 6.19. The highest BCUT2D eigenvalue weighted by molar-refractivity contribution is 9.09. The number of fused-ring (bicyclic) bond motifs is 2. The van der Waals surface area contributed by atoms with Gasteiger partial charge in [-0.1, -0.05) is 22.9 Å². The number of alkyl halides is 1. The Balaban J connectivity index is 1.79. The molecule has 0 amide bonds. The average Bonchev–Trinajstić information content (AvgIpc) is 2.67. The lowest BCUT2D eigenvalue weighted by Gasteiger charge is -2.59. The van der Waals surface area contributed by atoms with Crippen LogP contribution < -0.4 is 0 Å². The minimum Gasteiger partial charge on any atom is -0.349 e. The zero-order valence-corrected chi connectivity index (χ0v) is 13.7. The van der Waals surface area contributed by atoms with E-state index in [2.05, 4.69) is 22.9 Å². The summed E-state index contributed by atoms with van der Waals surface area (Å²) in [4.78, 5) is 11.8. The van der Waals surface area contributed by atoms with Crippen molar-refractivity contribution in [1.82, 2.24) is 0 Å². The Bertz CT molecular complexity index is 401. The molecule has 4 heterocycles. The van der Waals surface area contributed by atoms with E-state index < -0.39 is 11.4 Å². The van der Waals surface area contributed by atoms with Crippen molar-refractivity contribution in [3.05, 3.63) is 0 Å². The maximum absolute atomic E-state index is 6.19. The van der Waals surface area contributed by atoms with Crippen molar-refractivity contribution in [2.24, 2.45) is 23.7 Å². The summed E-state index contributed by atoms with van der Waals surface area (Å²) in [6, 6.07) is 0. The molecule has 114 valence electrons. The summed E-state index contributed by atoms with van der Waals surface area (Å²) in [5, 5.41) is 0.952. The Morgan fingerprint density at radius 1 is 1.15 bits per heavy atom. The second-order valence-electron chi connectivity index (χ2n) is 7.16. The van der Waals surface area contributed by atoms with E-state index in [1.165, 1.54) is 12.8 Å². The third-order valence-electron chi connectivity index (χ3n) is 6.00. The predicted molar refractivity (Wildman–Crippen MR) is 76.0 cm³/mol. The molecular weight excluding hydrogens is 324 g/mol. The summed E-state index contributed by atoms with van der Waals surface area (Å²) in [5.41, 5.74) is -0.398. The van der Waals surface area contributed by atoms with E-state index in [9.17, 15) is 0 Å². The van der Waals surface area contributed by atoms with E-state index in [0.717, 1.165) is 24.8 Å². The molecule has 5 heteroatoms. The lowest BCUT2D eigenvalue weighted by atomic mass is 9.58. The van der Waals surface area contributed by atoms with Crippen molar-refractivity contribution in [2.75, 3.05) is 11.9 Å². The van der Waals surface area contributed by atoms with Gasteiger partial charge in [0.2, 0.25) is 5.79 Å². The van der Waals surface area contributed by atoms with E-state index in [1.807, 2.05) is 6.92 Å². The molecule has 4 nitrogen and oxygen atoms in total. The second-order valence-corrected chi connectivity index (χ2v) is 7.81. The smallest absolute Gasteiger partial charge is 0.201 e. The molecule has 0 radical (unpaired) electrons. The van der Waals surface area contributed by atoms with Crippen LogP contribution in [0.5, 0.6) is 0 Å². The third-order valence-corrected chi connectivity index (χ3v) is 6.84. The summed E-state index contributed by atoms with van der Waals surface area (Å²) in [6.07, 6.45) is 4.17. The first-order valence-corrected chi connectivity index (χ1v) is 8.93. The second kappa shape index (κ2) is 4.66. The molecule has 1 aliphatic carbocycles. The van der Waals surface area contributed by atoms with Gasteiger partial charge in [0.05, 0.1) is 6.61 Å². The SMILES string of the molecule is C[C@@H]1CC[C@H]2[C@@H](CBr)CO[C@@H]3O[C@]4(C)CC[C@@H]1[C@]32OO4. The van der Waals surface area contributed by atoms with E-state index >= 15 is 0 Å². The van der Waals surface area contributed by atoms with Crippen LogP contribution >= 0.6 is 15.9 Å². The minimum atomic E-state index is -0.640. The molecule has 0 N–H and O–H groups in total. The normalized spacial score (nSPS) is 58.0. The van der Waals surface area contributed by atoms with Gasteiger partial charge >= 0.3 is 0 Å². The first kappa shape index (κ1) is 13.9. The number of hydrogen-bond acceptors (Lipinski definition) is 4. The molecule has 5 rings (SSSR count). The molecule has 1 saturated carbocycles. The van der Waals surface area contributed by atoms with E-state index in [1.54, 1.807) is 0 Å². The van der Waals surface area contributed by atoms with Crippen molar-refractivity contribution in [3.63, 3.8) is 0 Å². The quantitative estimate of drug-likeness (QED) is 0.539. The summed E-state index contributed by atoms with van der Waals surface area (Å²) in [7, 11) is 0. The number of ether oxygens (including phenoxy) is 2. The predicted octanol–water partition coefficient (Wildman–Crippen LogP) is 3.24. The van der Waals surface area contributed by atoms with E-state index in [0.29, 0.717) is 23.7 Å². The Labute approximate surface area is 128 Å². The highest BCUT2D eigenvalue weighted by atomic mass is 79.9. The molecule has 4 saturated heterocycles. The van der Waals surface area contributed by atoms with Gasteiger partial charge in [0.1, 0.15) is 0 Å². The first-order valence-electron chi connectivity index (χ1n) is 7.81. The number of halogens is 1. The molecule has 0 aromatic heterocycles. The summed E-state index contributed by atoms with van der Waals surface area (Å²) in [5.74, 6) is 1.41. The molecular formula is C15H23BrO4. The Morgan fingerprint density at radius 2 is 2.00 bits per heavy atom. The lowest BCUT2D eigenvalue weighted by molar-refractivity contribution is -0.566. The Morgan fingerprint density at radius 3 is 2.80 bits per heavy atom. The standard InChI is InChI=1S/C15H23BrO4/c1-9-3-4-12-10(7-16)8-17-13-15(12)11(9)5-6-14(2,18-13)19-20-15/h9-13H,3-8H2,1-2H3/t9-,10+,11+,12+,13-,14+,15-/m1/s1. The fraction of sp³-hybridized carbons (Fsp3) is 1.00. The highest BCUT2D eigenvalue weighted by Crippen LogP contribution is 2.59. The van der Waals surface area contributed by atoms with Gasteiger partial charge in [-0.15, -0.1) is 0 Å². The lowest BCUT2D eigenvalue weighted by Crippen LogP contribution is -2.69. The molecule has 1 spiro atoms. The summed E-state index contributed by atoms with van der Waals surface area (Å²) < 4.78 is 12.3. The maximum Gasteiger partial charge on any atom is 0.201 e. The van der Waals surface area contributed by atoms with Gasteiger partial charge in [0, 0.05) is 17.7 Å². The van der Waals surface area contributed by atoms with Crippen LogP contribution in [0.15, 0.2) is 0 Å². The van der Waals surface area contributed by atoms with Crippen molar-refractivity contribution in [1.29, 1.82) is 0 Å². The van der Waals surface area contributed by atoms with Gasteiger partial charge in [-0.3, -0.25) is 0 Å². The van der Waals surface area contributed by atoms with Crippen LogP contribution in [-0.4, -0.2) is 29.6 Å². The van der Waals surface area contributed by atoms with Crippen LogP contribution in [0.3, 0.4) is 0 Å². The fourth-order valence-corrected chi connectivity index (χ4v) is 5.51.